The summed E-state index contributed by atoms with van der Waals surface area (Å²) in [5.41, 5.74) is 5.03. The van der Waals surface area contributed by atoms with Crippen molar-refractivity contribution in [2.75, 3.05) is 0 Å². The number of benzene rings is 2. The van der Waals surface area contributed by atoms with E-state index in [1.54, 1.807) is 15.9 Å². The first kappa shape index (κ1) is 20.8. The van der Waals surface area contributed by atoms with Crippen LogP contribution in [0.25, 0.3) is 10.2 Å². The van der Waals surface area contributed by atoms with Crippen LogP contribution in [0.2, 0.25) is 0 Å². The van der Waals surface area contributed by atoms with Gasteiger partial charge in [0.05, 0.1) is 11.9 Å². The lowest BCUT2D eigenvalue weighted by molar-refractivity contribution is 0.0969. The lowest BCUT2D eigenvalue weighted by atomic mass is 9.97. The molecule has 2 aromatic heterocycles. The number of fused-ring (bicyclic) bond motifs is 3. The van der Waals surface area contributed by atoms with Crippen LogP contribution in [0.1, 0.15) is 56.2 Å². The minimum absolute atomic E-state index is 0.0110. The molecule has 0 atom stereocenters. The maximum atomic E-state index is 13.7. The van der Waals surface area contributed by atoms with Crippen molar-refractivity contribution in [3.05, 3.63) is 97.4 Å². The predicted octanol–water partition coefficient (Wildman–Crippen LogP) is 5.43. The predicted molar refractivity (Wildman–Crippen MR) is 130 cm³/mol. The standard InChI is InChI=1S/C27H26N2O2S/c1-17-12-13-20(14-18(17)2)22(30)16-29-24(15-19-8-4-3-5-9-19)28-26-25(27(29)31)21-10-6-7-11-23(21)32-26/h3-5,8-9,12-14H,6-7,10-11,15-16H2,1-2H3. The van der Waals surface area contributed by atoms with Gasteiger partial charge < -0.3 is 0 Å². The summed E-state index contributed by atoms with van der Waals surface area (Å²) in [7, 11) is 0. The van der Waals surface area contributed by atoms with E-state index >= 15 is 0 Å². The smallest absolute Gasteiger partial charge is 0.262 e. The second-order valence-electron chi connectivity index (χ2n) is 8.69. The van der Waals surface area contributed by atoms with Gasteiger partial charge in [-0.25, -0.2) is 4.98 Å². The Balaban J connectivity index is 1.63. The summed E-state index contributed by atoms with van der Waals surface area (Å²) in [6, 6.07) is 15.7. The normalized spacial score (nSPS) is 13.3. The first-order chi connectivity index (χ1) is 15.5. The monoisotopic (exact) mass is 442 g/mol. The molecular formula is C27H26N2O2S. The number of hydrogen-bond donors (Lipinski definition) is 0. The summed E-state index contributed by atoms with van der Waals surface area (Å²) < 4.78 is 1.62. The highest BCUT2D eigenvalue weighted by Gasteiger charge is 2.23. The molecular weight excluding hydrogens is 416 g/mol. The van der Waals surface area contributed by atoms with E-state index in [2.05, 4.69) is 0 Å². The van der Waals surface area contributed by atoms with Crippen molar-refractivity contribution in [1.29, 1.82) is 0 Å². The van der Waals surface area contributed by atoms with Gasteiger partial charge in [-0.05, 0) is 67.9 Å². The molecule has 4 nitrogen and oxygen atoms in total. The summed E-state index contributed by atoms with van der Waals surface area (Å²) in [5, 5.41) is 0.731. The average molecular weight is 443 g/mol. The molecule has 5 rings (SSSR count). The van der Waals surface area contributed by atoms with Gasteiger partial charge in [-0.2, -0.15) is 0 Å². The van der Waals surface area contributed by atoms with Gasteiger partial charge in [-0.1, -0.05) is 42.5 Å². The molecule has 1 aliphatic carbocycles. The maximum Gasteiger partial charge on any atom is 0.262 e. The van der Waals surface area contributed by atoms with E-state index in [1.165, 1.54) is 4.88 Å². The quantitative estimate of drug-likeness (QED) is 0.388. The van der Waals surface area contributed by atoms with Crippen LogP contribution in [-0.2, 0) is 25.8 Å². The zero-order valence-electron chi connectivity index (χ0n) is 18.5. The van der Waals surface area contributed by atoms with Crippen molar-refractivity contribution >= 4 is 27.3 Å². The van der Waals surface area contributed by atoms with Crippen molar-refractivity contribution < 1.29 is 4.79 Å². The van der Waals surface area contributed by atoms with Crippen LogP contribution in [0.4, 0.5) is 0 Å². The zero-order valence-corrected chi connectivity index (χ0v) is 19.3. The molecule has 2 heterocycles. The Hall–Kier alpha value is -3.05. The first-order valence-electron chi connectivity index (χ1n) is 11.2. The highest BCUT2D eigenvalue weighted by atomic mass is 32.1. The van der Waals surface area contributed by atoms with Gasteiger partial charge >= 0.3 is 0 Å². The molecule has 0 saturated heterocycles. The van der Waals surface area contributed by atoms with Crippen molar-refractivity contribution in [3.63, 3.8) is 0 Å². The number of rotatable bonds is 5. The number of ketones is 1. The van der Waals surface area contributed by atoms with E-state index in [4.69, 9.17) is 4.98 Å². The highest BCUT2D eigenvalue weighted by Crippen LogP contribution is 2.34. The molecule has 162 valence electrons. The second kappa shape index (κ2) is 8.47. The molecule has 0 saturated carbocycles. The molecule has 0 aliphatic heterocycles. The van der Waals surface area contributed by atoms with Crippen LogP contribution in [-0.4, -0.2) is 15.3 Å². The number of aryl methyl sites for hydroxylation is 4. The molecule has 0 N–H and O–H groups in total. The molecule has 32 heavy (non-hydrogen) atoms. The van der Waals surface area contributed by atoms with Crippen LogP contribution in [0.15, 0.2) is 53.3 Å². The molecule has 1 aliphatic rings. The summed E-state index contributed by atoms with van der Waals surface area (Å²) in [6.45, 7) is 4.05. The molecule has 0 amide bonds. The van der Waals surface area contributed by atoms with Crippen LogP contribution < -0.4 is 5.56 Å². The minimum atomic E-state index is -0.0717. The largest absolute Gasteiger partial charge is 0.292 e. The number of Topliss-reactive ketones (excluding diaryl/α,β-unsaturated/α-hetero) is 1. The van der Waals surface area contributed by atoms with E-state index in [0.29, 0.717) is 17.8 Å². The fraction of sp³-hybridized carbons (Fsp3) is 0.296. The number of nitrogens with zero attached hydrogens (tertiary/aromatic N) is 2. The lowest BCUT2D eigenvalue weighted by Crippen LogP contribution is -2.29. The van der Waals surface area contributed by atoms with E-state index in [0.717, 1.165) is 58.2 Å². The first-order valence-corrected chi connectivity index (χ1v) is 12.0. The van der Waals surface area contributed by atoms with Gasteiger partial charge in [0.25, 0.3) is 5.56 Å². The Bertz CT molecular complexity index is 1380. The van der Waals surface area contributed by atoms with Crippen LogP contribution in [0.5, 0.6) is 0 Å². The summed E-state index contributed by atoms with van der Waals surface area (Å²) in [6.07, 6.45) is 4.73. The molecule has 2 aromatic carbocycles. The van der Waals surface area contributed by atoms with E-state index in [-0.39, 0.29) is 17.9 Å². The summed E-state index contributed by atoms with van der Waals surface area (Å²) >= 11 is 1.66. The highest BCUT2D eigenvalue weighted by molar-refractivity contribution is 7.18. The minimum Gasteiger partial charge on any atom is -0.292 e. The zero-order chi connectivity index (χ0) is 22.2. The maximum absolute atomic E-state index is 13.7. The molecule has 5 heteroatoms. The van der Waals surface area contributed by atoms with Crippen LogP contribution >= 0.6 is 11.3 Å². The number of carbonyl (C=O) groups excluding carboxylic acids is 1. The van der Waals surface area contributed by atoms with Gasteiger partial charge in [0.1, 0.15) is 10.7 Å². The number of aromatic nitrogens is 2. The van der Waals surface area contributed by atoms with Crippen LogP contribution in [0.3, 0.4) is 0 Å². The lowest BCUT2D eigenvalue weighted by Gasteiger charge is -2.14. The summed E-state index contributed by atoms with van der Waals surface area (Å²) in [5.74, 6) is 0.597. The number of carbonyl (C=O) groups is 1. The Morgan fingerprint density at radius 2 is 1.81 bits per heavy atom. The topological polar surface area (TPSA) is 52.0 Å². The van der Waals surface area contributed by atoms with Gasteiger partial charge in [0.2, 0.25) is 0 Å². The van der Waals surface area contributed by atoms with E-state index in [9.17, 15) is 9.59 Å². The number of thiophene rings is 1. The SMILES string of the molecule is Cc1ccc(C(=O)Cn2c(Cc3ccccc3)nc3sc4c(c3c2=O)CCCC4)cc1C. The average Bonchev–Trinajstić information content (AvgIpc) is 3.17. The van der Waals surface area contributed by atoms with Crippen molar-refractivity contribution in [3.8, 4) is 0 Å². The van der Waals surface area contributed by atoms with Crippen molar-refractivity contribution in [2.24, 2.45) is 0 Å². The second-order valence-corrected chi connectivity index (χ2v) is 9.78. The summed E-state index contributed by atoms with van der Waals surface area (Å²) in [4.78, 5) is 34.0. The third kappa shape index (κ3) is 3.82. The number of hydrogen-bond acceptors (Lipinski definition) is 4. The van der Waals surface area contributed by atoms with Crippen molar-refractivity contribution in [1.82, 2.24) is 9.55 Å². The van der Waals surface area contributed by atoms with E-state index < -0.39 is 0 Å². The third-order valence-electron chi connectivity index (χ3n) is 6.49. The Morgan fingerprint density at radius 1 is 1.03 bits per heavy atom. The van der Waals surface area contributed by atoms with E-state index in [1.807, 2.05) is 62.4 Å². The molecule has 4 aromatic rings. The Labute approximate surface area is 191 Å². The Kier molecular flexibility index (Phi) is 5.51. The molecule has 0 bridgehead atoms. The molecule has 0 radical (unpaired) electrons. The molecule has 0 unspecified atom stereocenters. The molecule has 0 spiro atoms. The van der Waals surface area contributed by atoms with Gasteiger partial charge in [-0.3, -0.25) is 14.2 Å². The van der Waals surface area contributed by atoms with Gasteiger partial charge in [0, 0.05) is 16.9 Å². The fourth-order valence-electron chi connectivity index (χ4n) is 4.51. The van der Waals surface area contributed by atoms with Crippen LogP contribution in [0, 0.1) is 13.8 Å². The van der Waals surface area contributed by atoms with Crippen molar-refractivity contribution in [2.45, 2.75) is 52.5 Å². The third-order valence-corrected chi connectivity index (χ3v) is 7.68. The molecule has 0 fully saturated rings. The van der Waals surface area contributed by atoms with Gasteiger partial charge in [-0.15, -0.1) is 11.3 Å². The van der Waals surface area contributed by atoms with Gasteiger partial charge in [0.15, 0.2) is 5.78 Å². The fourth-order valence-corrected chi connectivity index (χ4v) is 5.78. The Morgan fingerprint density at radius 3 is 2.59 bits per heavy atom.